The van der Waals surface area contributed by atoms with E-state index in [4.69, 9.17) is 5.73 Å². The minimum atomic E-state index is -0.300. The molecule has 15 heavy (non-hydrogen) atoms. The summed E-state index contributed by atoms with van der Waals surface area (Å²) >= 11 is 0. The number of nitrogens with one attached hydrogen (secondary N) is 1. The third-order valence-corrected chi connectivity index (χ3v) is 1.93. The molecule has 0 aliphatic heterocycles. The smallest absolute Gasteiger partial charge is 0.244 e. The van der Waals surface area contributed by atoms with Crippen LogP contribution in [0.1, 0.15) is 0 Å². The molecule has 0 atom stereocenters. The normalized spacial score (nSPS) is 10.3. The zero-order valence-electron chi connectivity index (χ0n) is 8.11. The van der Waals surface area contributed by atoms with Gasteiger partial charge in [-0.25, -0.2) is 4.39 Å². The van der Waals surface area contributed by atoms with Crippen molar-refractivity contribution in [3.05, 3.63) is 30.1 Å². The van der Waals surface area contributed by atoms with E-state index in [1.165, 1.54) is 16.8 Å². The molecule has 3 N–H and O–H groups in total. The zero-order valence-corrected chi connectivity index (χ0v) is 8.11. The summed E-state index contributed by atoms with van der Waals surface area (Å²) in [7, 11) is 1.70. The quantitative estimate of drug-likeness (QED) is 0.771. The lowest BCUT2D eigenvalue weighted by Crippen LogP contribution is -2.02. The van der Waals surface area contributed by atoms with Gasteiger partial charge in [0, 0.05) is 7.05 Å². The summed E-state index contributed by atoms with van der Waals surface area (Å²) in [4.78, 5) is 3.95. The highest BCUT2D eigenvalue weighted by Crippen LogP contribution is 2.13. The van der Waals surface area contributed by atoms with E-state index in [0.29, 0.717) is 11.6 Å². The summed E-state index contributed by atoms with van der Waals surface area (Å²) < 4.78 is 14.1. The van der Waals surface area contributed by atoms with E-state index in [1.807, 2.05) is 0 Å². The van der Waals surface area contributed by atoms with Crippen molar-refractivity contribution in [2.75, 3.05) is 18.1 Å². The molecule has 6 heteroatoms. The molecule has 0 radical (unpaired) electrons. The number of rotatable bonds is 2. The van der Waals surface area contributed by atoms with Crippen LogP contribution in [0, 0.1) is 5.82 Å². The molecule has 0 saturated carbocycles. The molecule has 1 heterocycles. The second kappa shape index (κ2) is 3.56. The fraction of sp³-hybridized carbons (Fsp3) is 0.111. The lowest BCUT2D eigenvalue weighted by molar-refractivity contribution is 0.627. The maximum absolute atomic E-state index is 12.7. The van der Waals surface area contributed by atoms with Crippen LogP contribution in [0.4, 0.5) is 16.3 Å². The number of halogens is 1. The Morgan fingerprint density at radius 2 is 2.00 bits per heavy atom. The van der Waals surface area contributed by atoms with Crippen LogP contribution in [0.25, 0.3) is 5.69 Å². The Balaban J connectivity index is 2.44. The summed E-state index contributed by atoms with van der Waals surface area (Å²) in [5.41, 5.74) is 6.31. The van der Waals surface area contributed by atoms with Gasteiger partial charge in [-0.2, -0.15) is 9.67 Å². The first-order chi connectivity index (χ1) is 7.20. The highest BCUT2D eigenvalue weighted by atomic mass is 19.1. The van der Waals surface area contributed by atoms with Gasteiger partial charge in [-0.05, 0) is 24.3 Å². The van der Waals surface area contributed by atoms with Gasteiger partial charge in [-0.3, -0.25) is 0 Å². The Morgan fingerprint density at radius 1 is 1.33 bits per heavy atom. The lowest BCUT2D eigenvalue weighted by Gasteiger charge is -2.00. The fourth-order valence-corrected chi connectivity index (χ4v) is 1.20. The van der Waals surface area contributed by atoms with E-state index in [-0.39, 0.29) is 11.8 Å². The summed E-state index contributed by atoms with van der Waals surface area (Å²) in [5, 5.41) is 6.85. The lowest BCUT2D eigenvalue weighted by atomic mass is 10.3. The van der Waals surface area contributed by atoms with E-state index in [0.717, 1.165) is 0 Å². The van der Waals surface area contributed by atoms with Crippen LogP contribution in [-0.2, 0) is 0 Å². The Bertz CT molecular complexity index is 462. The van der Waals surface area contributed by atoms with E-state index < -0.39 is 0 Å². The molecule has 5 nitrogen and oxygen atoms in total. The Hall–Kier alpha value is -2.11. The van der Waals surface area contributed by atoms with Crippen molar-refractivity contribution >= 4 is 11.9 Å². The van der Waals surface area contributed by atoms with Crippen LogP contribution in [0.5, 0.6) is 0 Å². The van der Waals surface area contributed by atoms with Crippen LogP contribution in [0.2, 0.25) is 0 Å². The van der Waals surface area contributed by atoms with Crippen LogP contribution < -0.4 is 11.1 Å². The highest BCUT2D eigenvalue weighted by Gasteiger charge is 2.06. The Morgan fingerprint density at radius 3 is 2.53 bits per heavy atom. The van der Waals surface area contributed by atoms with Crippen LogP contribution in [0.15, 0.2) is 24.3 Å². The van der Waals surface area contributed by atoms with Gasteiger partial charge >= 0.3 is 0 Å². The van der Waals surface area contributed by atoms with Crippen molar-refractivity contribution < 1.29 is 4.39 Å². The molecule has 0 unspecified atom stereocenters. The number of anilines is 2. The fourth-order valence-electron chi connectivity index (χ4n) is 1.20. The molecule has 0 amide bonds. The van der Waals surface area contributed by atoms with Crippen molar-refractivity contribution in [1.82, 2.24) is 14.8 Å². The molecule has 2 aromatic rings. The number of benzene rings is 1. The molecular formula is C9H10FN5. The molecule has 0 aliphatic rings. The van der Waals surface area contributed by atoms with Crippen molar-refractivity contribution in [3.8, 4) is 5.69 Å². The molecule has 0 saturated heterocycles. The highest BCUT2D eigenvalue weighted by molar-refractivity contribution is 5.41. The Labute approximate surface area is 85.7 Å². The van der Waals surface area contributed by atoms with Crippen molar-refractivity contribution in [2.45, 2.75) is 0 Å². The van der Waals surface area contributed by atoms with Crippen molar-refractivity contribution in [1.29, 1.82) is 0 Å². The minimum Gasteiger partial charge on any atom is -0.368 e. The van der Waals surface area contributed by atoms with Crippen LogP contribution in [-0.4, -0.2) is 21.8 Å². The van der Waals surface area contributed by atoms with Crippen LogP contribution >= 0.6 is 0 Å². The molecule has 1 aromatic heterocycles. The molecule has 0 bridgehead atoms. The zero-order chi connectivity index (χ0) is 10.8. The predicted octanol–water partition coefficient (Wildman–Crippen LogP) is 1.03. The van der Waals surface area contributed by atoms with Crippen molar-refractivity contribution in [2.24, 2.45) is 0 Å². The largest absolute Gasteiger partial charge is 0.368 e. The van der Waals surface area contributed by atoms with Gasteiger partial charge in [0.15, 0.2) is 0 Å². The maximum Gasteiger partial charge on any atom is 0.244 e. The standard InChI is InChI=1S/C9H10FN5/c1-12-9-13-8(11)15(14-9)7-4-2-6(10)3-5-7/h2-5H,1H3,(H3,11,12,13,14). The van der Waals surface area contributed by atoms with Gasteiger partial charge in [0.2, 0.25) is 11.9 Å². The molecule has 0 aliphatic carbocycles. The number of nitrogen functional groups attached to an aromatic ring is 1. The first-order valence-corrected chi connectivity index (χ1v) is 4.37. The molecule has 0 fully saturated rings. The third-order valence-electron chi connectivity index (χ3n) is 1.93. The number of nitrogens with two attached hydrogens (primary N) is 1. The Kier molecular flexibility index (Phi) is 2.24. The number of nitrogens with zero attached hydrogens (tertiary/aromatic N) is 3. The van der Waals surface area contributed by atoms with Gasteiger partial charge < -0.3 is 11.1 Å². The van der Waals surface area contributed by atoms with E-state index >= 15 is 0 Å². The molecule has 1 aromatic carbocycles. The SMILES string of the molecule is CNc1nc(N)n(-c2ccc(F)cc2)n1. The van der Waals surface area contributed by atoms with E-state index in [2.05, 4.69) is 15.4 Å². The molecule has 2 rings (SSSR count). The topological polar surface area (TPSA) is 68.8 Å². The average Bonchev–Trinajstić information content (AvgIpc) is 2.61. The van der Waals surface area contributed by atoms with E-state index in [1.54, 1.807) is 19.2 Å². The number of hydrogen-bond donors (Lipinski definition) is 2. The second-order valence-corrected chi connectivity index (χ2v) is 2.93. The minimum absolute atomic E-state index is 0.256. The second-order valence-electron chi connectivity index (χ2n) is 2.93. The van der Waals surface area contributed by atoms with E-state index in [9.17, 15) is 4.39 Å². The monoisotopic (exact) mass is 207 g/mol. The van der Waals surface area contributed by atoms with Gasteiger partial charge in [0.1, 0.15) is 5.82 Å². The predicted molar refractivity (Wildman–Crippen MR) is 55.3 cm³/mol. The summed E-state index contributed by atoms with van der Waals surface area (Å²) in [6.07, 6.45) is 0. The third kappa shape index (κ3) is 1.74. The maximum atomic E-state index is 12.7. The molecule has 0 spiro atoms. The van der Waals surface area contributed by atoms with Gasteiger partial charge in [-0.1, -0.05) is 0 Å². The van der Waals surface area contributed by atoms with Gasteiger partial charge in [0.25, 0.3) is 0 Å². The summed E-state index contributed by atoms with van der Waals surface area (Å²) in [6, 6.07) is 5.85. The number of aromatic nitrogens is 3. The van der Waals surface area contributed by atoms with Crippen LogP contribution in [0.3, 0.4) is 0 Å². The first-order valence-electron chi connectivity index (χ1n) is 4.37. The summed E-state index contributed by atoms with van der Waals surface area (Å²) in [5.74, 6) is 0.383. The molecule has 78 valence electrons. The van der Waals surface area contributed by atoms with Gasteiger partial charge in [-0.15, -0.1) is 5.10 Å². The first kappa shape index (κ1) is 9.45. The van der Waals surface area contributed by atoms with Gasteiger partial charge in [0.05, 0.1) is 5.69 Å². The number of hydrogen-bond acceptors (Lipinski definition) is 4. The average molecular weight is 207 g/mol. The van der Waals surface area contributed by atoms with Crippen molar-refractivity contribution in [3.63, 3.8) is 0 Å². The molecular weight excluding hydrogens is 197 g/mol. The summed E-state index contributed by atoms with van der Waals surface area (Å²) in [6.45, 7) is 0.